The van der Waals surface area contributed by atoms with E-state index < -0.39 is 0 Å². The minimum absolute atomic E-state index is 0.248. The van der Waals surface area contributed by atoms with Gasteiger partial charge in [0.2, 0.25) is 0 Å². The molecule has 0 aliphatic rings. The molecule has 3 nitrogen and oxygen atoms in total. The number of ether oxygens (including phenoxy) is 1. The molecule has 5 heteroatoms. The molecule has 0 aliphatic carbocycles. The number of hydrogen-bond donors (Lipinski definition) is 0. The van der Waals surface area contributed by atoms with Crippen molar-refractivity contribution in [2.75, 3.05) is 0 Å². The lowest BCUT2D eigenvalue weighted by Gasteiger charge is -2.10. The summed E-state index contributed by atoms with van der Waals surface area (Å²) in [5.41, 5.74) is 2.53. The van der Waals surface area contributed by atoms with Gasteiger partial charge in [0, 0.05) is 5.02 Å². The number of halogens is 2. The molecular formula is C13H12Cl2N2O. The summed E-state index contributed by atoms with van der Waals surface area (Å²) >= 11 is 11.9. The van der Waals surface area contributed by atoms with Crippen LogP contribution in [0.4, 0.5) is 0 Å². The van der Waals surface area contributed by atoms with E-state index in [2.05, 4.69) is 9.97 Å². The standard InChI is InChI=1S/C13H12Cl2N2O/c1-7-4-5-10(14)6-11(7)18-13-12(15)16-8(2)9(3)17-13/h4-6H,1-3H3. The van der Waals surface area contributed by atoms with Crippen molar-refractivity contribution in [1.29, 1.82) is 0 Å². The largest absolute Gasteiger partial charge is 0.436 e. The first-order valence-corrected chi connectivity index (χ1v) is 6.17. The Morgan fingerprint density at radius 1 is 1.00 bits per heavy atom. The van der Waals surface area contributed by atoms with Gasteiger partial charge >= 0.3 is 0 Å². The summed E-state index contributed by atoms with van der Waals surface area (Å²) in [6.07, 6.45) is 0. The number of aryl methyl sites for hydroxylation is 3. The Labute approximate surface area is 116 Å². The van der Waals surface area contributed by atoms with Crippen molar-refractivity contribution in [3.63, 3.8) is 0 Å². The van der Waals surface area contributed by atoms with Gasteiger partial charge in [-0.1, -0.05) is 29.3 Å². The molecule has 0 aliphatic heterocycles. The summed E-state index contributed by atoms with van der Waals surface area (Å²) in [7, 11) is 0. The molecule has 0 bridgehead atoms. The third-order valence-electron chi connectivity index (χ3n) is 2.59. The highest BCUT2D eigenvalue weighted by Crippen LogP contribution is 2.30. The van der Waals surface area contributed by atoms with Crippen LogP contribution >= 0.6 is 23.2 Å². The molecule has 0 fully saturated rings. The quantitative estimate of drug-likeness (QED) is 0.813. The normalized spacial score (nSPS) is 10.5. The first-order chi connectivity index (χ1) is 8.47. The zero-order valence-corrected chi connectivity index (χ0v) is 11.8. The van der Waals surface area contributed by atoms with Crippen LogP contribution in [0.15, 0.2) is 18.2 Å². The Morgan fingerprint density at radius 3 is 2.39 bits per heavy atom. The first-order valence-electron chi connectivity index (χ1n) is 5.42. The van der Waals surface area contributed by atoms with Gasteiger partial charge in [-0.3, -0.25) is 0 Å². The van der Waals surface area contributed by atoms with Crippen LogP contribution in [0, 0.1) is 20.8 Å². The molecule has 0 N–H and O–H groups in total. The maximum absolute atomic E-state index is 6.01. The molecule has 1 heterocycles. The number of aromatic nitrogens is 2. The molecule has 0 atom stereocenters. The van der Waals surface area contributed by atoms with E-state index in [4.69, 9.17) is 27.9 Å². The summed E-state index contributed by atoms with van der Waals surface area (Å²) in [6, 6.07) is 5.40. The second-order valence-corrected chi connectivity index (χ2v) is 4.80. The second-order valence-electron chi connectivity index (χ2n) is 4.00. The fourth-order valence-electron chi connectivity index (χ4n) is 1.41. The van der Waals surface area contributed by atoms with Gasteiger partial charge in [-0.15, -0.1) is 0 Å². The van der Waals surface area contributed by atoms with E-state index in [1.165, 1.54) is 0 Å². The molecule has 0 unspecified atom stereocenters. The van der Waals surface area contributed by atoms with E-state index >= 15 is 0 Å². The van der Waals surface area contributed by atoms with E-state index in [1.807, 2.05) is 26.8 Å². The van der Waals surface area contributed by atoms with E-state index in [9.17, 15) is 0 Å². The van der Waals surface area contributed by atoms with Crippen LogP contribution < -0.4 is 4.74 Å². The molecule has 0 saturated heterocycles. The minimum Gasteiger partial charge on any atom is -0.436 e. The van der Waals surface area contributed by atoms with Crippen LogP contribution in [0.3, 0.4) is 0 Å². The van der Waals surface area contributed by atoms with E-state index in [0.29, 0.717) is 16.7 Å². The SMILES string of the molecule is Cc1ccc(Cl)cc1Oc1nc(C)c(C)nc1Cl. The molecule has 94 valence electrons. The number of benzene rings is 1. The van der Waals surface area contributed by atoms with Gasteiger partial charge in [-0.05, 0) is 38.5 Å². The highest BCUT2D eigenvalue weighted by Gasteiger charge is 2.11. The van der Waals surface area contributed by atoms with Crippen LogP contribution in [0.5, 0.6) is 11.6 Å². The first kappa shape index (κ1) is 13.1. The van der Waals surface area contributed by atoms with Crippen LogP contribution in [0.2, 0.25) is 10.2 Å². The molecule has 18 heavy (non-hydrogen) atoms. The van der Waals surface area contributed by atoms with Crippen molar-refractivity contribution >= 4 is 23.2 Å². The topological polar surface area (TPSA) is 35.0 Å². The molecule has 0 saturated carbocycles. The Kier molecular flexibility index (Phi) is 3.73. The number of rotatable bonds is 2. The van der Waals surface area contributed by atoms with Gasteiger partial charge in [-0.25, -0.2) is 9.97 Å². The van der Waals surface area contributed by atoms with Gasteiger partial charge < -0.3 is 4.74 Å². The number of hydrogen-bond acceptors (Lipinski definition) is 3. The van der Waals surface area contributed by atoms with E-state index in [1.54, 1.807) is 12.1 Å². The fraction of sp³-hybridized carbons (Fsp3) is 0.231. The van der Waals surface area contributed by atoms with Gasteiger partial charge in [-0.2, -0.15) is 0 Å². The summed E-state index contributed by atoms with van der Waals surface area (Å²) in [5, 5.41) is 0.848. The molecule has 2 rings (SSSR count). The molecule has 1 aromatic heterocycles. The van der Waals surface area contributed by atoms with Crippen molar-refractivity contribution < 1.29 is 4.74 Å². The molecular weight excluding hydrogens is 271 g/mol. The minimum atomic E-state index is 0.248. The Morgan fingerprint density at radius 2 is 1.67 bits per heavy atom. The summed E-state index contributed by atoms with van der Waals surface area (Å²) < 4.78 is 5.67. The van der Waals surface area contributed by atoms with Crippen molar-refractivity contribution in [2.24, 2.45) is 0 Å². The van der Waals surface area contributed by atoms with Crippen LogP contribution in [0.25, 0.3) is 0 Å². The predicted molar refractivity (Wildman–Crippen MR) is 72.8 cm³/mol. The van der Waals surface area contributed by atoms with Crippen LogP contribution in [0.1, 0.15) is 17.0 Å². The van der Waals surface area contributed by atoms with Gasteiger partial charge in [0.1, 0.15) is 5.75 Å². The Balaban J connectivity index is 2.40. The lowest BCUT2D eigenvalue weighted by Crippen LogP contribution is -1.98. The van der Waals surface area contributed by atoms with Crippen molar-refractivity contribution in [3.8, 4) is 11.6 Å². The van der Waals surface area contributed by atoms with E-state index in [0.717, 1.165) is 17.0 Å². The highest BCUT2D eigenvalue weighted by atomic mass is 35.5. The monoisotopic (exact) mass is 282 g/mol. The Bertz CT molecular complexity index is 600. The predicted octanol–water partition coefficient (Wildman–Crippen LogP) is 4.50. The van der Waals surface area contributed by atoms with Crippen molar-refractivity contribution in [3.05, 3.63) is 45.3 Å². The van der Waals surface area contributed by atoms with Gasteiger partial charge in [0.15, 0.2) is 5.15 Å². The Hall–Kier alpha value is -1.32. The van der Waals surface area contributed by atoms with Gasteiger partial charge in [0.25, 0.3) is 5.88 Å². The zero-order chi connectivity index (χ0) is 13.3. The summed E-state index contributed by atoms with van der Waals surface area (Å²) in [6.45, 7) is 5.63. The summed E-state index contributed by atoms with van der Waals surface area (Å²) in [5.74, 6) is 0.923. The third-order valence-corrected chi connectivity index (χ3v) is 3.07. The third kappa shape index (κ3) is 2.74. The number of nitrogens with zero attached hydrogens (tertiary/aromatic N) is 2. The van der Waals surface area contributed by atoms with E-state index in [-0.39, 0.29) is 5.15 Å². The van der Waals surface area contributed by atoms with Gasteiger partial charge in [0.05, 0.1) is 11.4 Å². The maximum Gasteiger partial charge on any atom is 0.257 e. The lowest BCUT2D eigenvalue weighted by atomic mass is 10.2. The van der Waals surface area contributed by atoms with Crippen LogP contribution in [-0.2, 0) is 0 Å². The van der Waals surface area contributed by atoms with Crippen LogP contribution in [-0.4, -0.2) is 9.97 Å². The molecule has 0 amide bonds. The zero-order valence-electron chi connectivity index (χ0n) is 10.3. The molecule has 1 aromatic carbocycles. The molecule has 0 radical (unpaired) electrons. The van der Waals surface area contributed by atoms with Crippen molar-refractivity contribution in [2.45, 2.75) is 20.8 Å². The smallest absolute Gasteiger partial charge is 0.257 e. The summed E-state index contributed by atoms with van der Waals surface area (Å²) in [4.78, 5) is 8.44. The van der Waals surface area contributed by atoms with Crippen molar-refractivity contribution in [1.82, 2.24) is 9.97 Å². The average molecular weight is 283 g/mol. The maximum atomic E-state index is 6.01. The second kappa shape index (κ2) is 5.12. The molecule has 0 spiro atoms. The highest BCUT2D eigenvalue weighted by molar-refractivity contribution is 6.31. The fourth-order valence-corrected chi connectivity index (χ4v) is 1.78. The lowest BCUT2D eigenvalue weighted by molar-refractivity contribution is 0.455. The average Bonchev–Trinajstić information content (AvgIpc) is 2.30. The molecule has 2 aromatic rings.